The molecule has 0 aromatic carbocycles. The van der Waals surface area contributed by atoms with Crippen LogP contribution in [-0.2, 0) is 56.8 Å². The second-order valence-electron chi connectivity index (χ2n) is 18.5. The van der Waals surface area contributed by atoms with Gasteiger partial charge in [-0.2, -0.15) is 12.6 Å². The van der Waals surface area contributed by atoms with Crippen LogP contribution < -0.4 is 10.6 Å². The van der Waals surface area contributed by atoms with Gasteiger partial charge in [-0.05, 0) is 30.8 Å². The van der Waals surface area contributed by atoms with Crippen molar-refractivity contribution in [3.63, 3.8) is 0 Å². The maximum atomic E-state index is 11.4. The zero-order valence-electron chi connectivity index (χ0n) is 42.3. The number of thiol groups is 1. The third-order valence-electron chi connectivity index (χ3n) is 13.0. The van der Waals surface area contributed by atoms with E-state index >= 15 is 0 Å². The van der Waals surface area contributed by atoms with Crippen LogP contribution in [0.25, 0.3) is 0 Å². The molecule has 75 heavy (non-hydrogen) atoms. The van der Waals surface area contributed by atoms with E-state index in [-0.39, 0.29) is 18.3 Å². The molecule has 0 unspecified atom stereocenters. The highest BCUT2D eigenvalue weighted by molar-refractivity contribution is 7.80. The minimum absolute atomic E-state index is 0.0873. The molecule has 0 amide bonds. The molecule has 0 aromatic rings. The van der Waals surface area contributed by atoms with Crippen molar-refractivity contribution >= 4 is 30.0 Å². The molecule has 27 nitrogen and oxygen atoms in total. The van der Waals surface area contributed by atoms with Crippen molar-refractivity contribution in [3.8, 4) is 0 Å². The van der Waals surface area contributed by atoms with E-state index in [9.17, 15) is 66.4 Å². The molecular formula is C46H86N2O25S2. The fourth-order valence-corrected chi connectivity index (χ4v) is 9.00. The number of hydrogen-bond acceptors (Lipinski definition) is 27. The Balaban J connectivity index is 1.17. The van der Waals surface area contributed by atoms with Gasteiger partial charge in [0.05, 0.1) is 79.3 Å². The van der Waals surface area contributed by atoms with E-state index in [1.54, 1.807) is 0 Å². The molecular weight excluding hydrogens is 1040 g/mol. The van der Waals surface area contributed by atoms with Crippen LogP contribution >= 0.6 is 24.8 Å². The van der Waals surface area contributed by atoms with Gasteiger partial charge in [0.15, 0.2) is 30.3 Å². The summed E-state index contributed by atoms with van der Waals surface area (Å²) in [7, 11) is 0. The van der Waals surface area contributed by atoms with Crippen LogP contribution in [0, 0.1) is 0 Å². The number of nitrogens with one attached hydrogen (secondary N) is 2. The molecule has 0 saturated carbocycles. The summed E-state index contributed by atoms with van der Waals surface area (Å²) in [6.45, 7) is 0.588. The van der Waals surface area contributed by atoms with Gasteiger partial charge >= 0.3 is 0 Å². The Morgan fingerprint density at radius 3 is 1.24 bits per heavy atom. The lowest BCUT2D eigenvalue weighted by Crippen LogP contribution is -2.68. The molecule has 0 bridgehead atoms. The van der Waals surface area contributed by atoms with E-state index < -0.39 is 149 Å². The number of rotatable bonds is 37. The molecule has 0 aromatic heterocycles. The molecule has 15 N–H and O–H groups in total. The van der Waals surface area contributed by atoms with Crippen LogP contribution in [0.3, 0.4) is 0 Å². The Morgan fingerprint density at radius 2 is 0.747 bits per heavy atom. The first-order valence-electron chi connectivity index (χ1n) is 25.9. The molecule has 4 aliphatic heterocycles. The van der Waals surface area contributed by atoms with E-state index in [0.717, 1.165) is 18.8 Å². The highest BCUT2D eigenvalue weighted by atomic mass is 32.1. The molecule has 4 heterocycles. The summed E-state index contributed by atoms with van der Waals surface area (Å²) in [4.78, 5) is 0. The minimum Gasteiger partial charge on any atom is -0.394 e. The third-order valence-corrected chi connectivity index (χ3v) is 13.6. The van der Waals surface area contributed by atoms with E-state index in [1.807, 2.05) is 0 Å². The second kappa shape index (κ2) is 37.1. The highest BCUT2D eigenvalue weighted by Crippen LogP contribution is 2.35. The lowest BCUT2D eigenvalue weighted by molar-refractivity contribution is -0.403. The summed E-state index contributed by atoms with van der Waals surface area (Å²) in [5.74, 6) is 0.979. The summed E-state index contributed by atoms with van der Waals surface area (Å²) >= 11 is 9.56. The topological polar surface area (TPSA) is 398 Å². The zero-order chi connectivity index (χ0) is 54.7. The lowest BCUT2D eigenvalue weighted by Gasteiger charge is -2.49. The van der Waals surface area contributed by atoms with E-state index in [2.05, 4.69) is 23.3 Å². The number of thiocarbonyl (C=S) groups is 1. The first-order chi connectivity index (χ1) is 36.2. The van der Waals surface area contributed by atoms with Crippen LogP contribution in [-0.4, -0.2) is 299 Å². The minimum atomic E-state index is -2.05. The molecule has 4 rings (SSSR count). The Kier molecular flexibility index (Phi) is 32.9. The molecule has 0 radical (unpaired) electrons. The Labute approximate surface area is 447 Å². The van der Waals surface area contributed by atoms with E-state index in [4.69, 9.17) is 69.1 Å². The summed E-state index contributed by atoms with van der Waals surface area (Å²) in [5.41, 5.74) is 0. The van der Waals surface area contributed by atoms with Gasteiger partial charge in [-0.3, -0.25) is 0 Å². The predicted octanol–water partition coefficient (Wildman–Crippen LogP) is -5.75. The van der Waals surface area contributed by atoms with Crippen molar-refractivity contribution in [3.05, 3.63) is 0 Å². The molecule has 4 saturated heterocycles. The Morgan fingerprint density at radius 1 is 0.373 bits per heavy atom. The number of aliphatic hydroxyl groups excluding tert-OH is 13. The van der Waals surface area contributed by atoms with Crippen LogP contribution in [0.1, 0.15) is 57.8 Å². The third kappa shape index (κ3) is 21.5. The van der Waals surface area contributed by atoms with Crippen LogP contribution in [0.15, 0.2) is 0 Å². The molecule has 4 aliphatic rings. The average Bonchev–Trinajstić information content (AvgIpc) is 3.40. The monoisotopic (exact) mass is 1130 g/mol. The van der Waals surface area contributed by atoms with Gasteiger partial charge in [-0.15, -0.1) is 0 Å². The smallest absolute Gasteiger partial charge is 0.187 e. The fourth-order valence-electron chi connectivity index (χ4n) is 8.57. The average molecular weight is 1130 g/mol. The maximum Gasteiger partial charge on any atom is 0.187 e. The zero-order valence-corrected chi connectivity index (χ0v) is 44.0. The van der Waals surface area contributed by atoms with E-state index in [1.165, 1.54) is 51.4 Å². The van der Waals surface area contributed by atoms with Crippen molar-refractivity contribution in [1.29, 1.82) is 0 Å². The summed E-state index contributed by atoms with van der Waals surface area (Å²) in [6.07, 6.45) is -25.2. The number of unbranched alkanes of at least 4 members (excludes halogenated alkanes) is 8. The first kappa shape index (κ1) is 66.6. The quantitative estimate of drug-likeness (QED) is 0.0157. The van der Waals surface area contributed by atoms with Crippen molar-refractivity contribution in [2.24, 2.45) is 0 Å². The summed E-state index contributed by atoms with van der Waals surface area (Å²) < 4.78 is 68.0. The molecule has 0 aliphatic carbocycles. The first-order valence-corrected chi connectivity index (χ1v) is 27.0. The standard InChI is InChI=1S/C46H86N2O25S2/c49-22-26-30(53)34(57)37(60)43(68-26)72-40-35(58)31(54)28(24-51)70-45(40)73-41-36(59)32(55)27(23-50)69-44(41)71-39-33(56)29(25-52)67-42(38(39)61)66-14-11-48-46(75)47-10-13-63-16-18-65-20-19-64-17-15-62-12-8-6-4-2-1-3-5-7-9-21-74/h26-45,49-61,74H,1-25H2,(H2,47,48,75)/t26-,27-,28-,29-,30-,31-,32-,33-,34+,35+,36+,37+,38+,39+,40+,41+,42+,43-,44-,45-/m1/s1. The normalized spacial score (nSPS) is 36.4. The van der Waals surface area contributed by atoms with Crippen LogP contribution in [0.5, 0.6) is 0 Å². The van der Waals surface area contributed by atoms with Gasteiger partial charge in [0, 0.05) is 19.7 Å². The van der Waals surface area contributed by atoms with Crippen molar-refractivity contribution in [2.45, 2.75) is 181 Å². The predicted molar refractivity (Wildman–Crippen MR) is 265 cm³/mol. The number of aliphatic hydroxyl groups is 13. The largest absolute Gasteiger partial charge is 0.394 e. The van der Waals surface area contributed by atoms with Crippen LogP contribution in [0.4, 0.5) is 0 Å². The van der Waals surface area contributed by atoms with Crippen LogP contribution in [0.2, 0.25) is 0 Å². The van der Waals surface area contributed by atoms with Gasteiger partial charge in [0.2, 0.25) is 0 Å². The van der Waals surface area contributed by atoms with Gasteiger partial charge in [0.1, 0.15) is 97.7 Å². The fraction of sp³-hybridized carbons (Fsp3) is 0.978. The Hall–Kier alpha value is -0.960. The van der Waals surface area contributed by atoms with Crippen molar-refractivity contribution in [2.75, 3.05) is 105 Å². The second-order valence-corrected chi connectivity index (χ2v) is 19.4. The van der Waals surface area contributed by atoms with Gasteiger partial charge < -0.3 is 134 Å². The van der Waals surface area contributed by atoms with Gasteiger partial charge in [-0.25, -0.2) is 0 Å². The number of ether oxygens (including phenoxy) is 12. The molecule has 20 atom stereocenters. The molecule has 29 heteroatoms. The van der Waals surface area contributed by atoms with Gasteiger partial charge in [-0.1, -0.05) is 44.9 Å². The Bertz CT molecular complexity index is 1500. The highest BCUT2D eigenvalue weighted by Gasteiger charge is 2.56. The van der Waals surface area contributed by atoms with Gasteiger partial charge in [0.25, 0.3) is 0 Å². The summed E-state index contributed by atoms with van der Waals surface area (Å²) in [6, 6.07) is 0. The molecule has 442 valence electrons. The maximum absolute atomic E-state index is 11.4. The lowest BCUT2D eigenvalue weighted by atomic mass is 9.95. The van der Waals surface area contributed by atoms with Crippen molar-refractivity contribution < 1.29 is 123 Å². The van der Waals surface area contributed by atoms with E-state index in [0.29, 0.717) is 52.8 Å². The SMILES string of the molecule is OC[C@H]1O[C@H](O[C@@H]2[C@@H](O[C@@H]3[C@@H](O[C@@H]4[C@H](O)[C@@H](OCCNC(=S)NCCOCCOCCOCCOCCCCCCCCCCCS)O[C@H](CO)[C@H]4O)O[C@H](CO)[C@@H](O)[C@@H]3O)O[C@H](CO)[C@@H](O)[C@@H]2O)[C@@H](O)[C@@H](O)[C@@H]1O. The molecule has 0 spiro atoms. The molecule has 4 fully saturated rings. The summed E-state index contributed by atoms with van der Waals surface area (Å²) in [5, 5.41) is 144. The number of hydrogen-bond donors (Lipinski definition) is 16. The van der Waals surface area contributed by atoms with Crippen molar-refractivity contribution in [1.82, 2.24) is 10.6 Å².